The van der Waals surface area contributed by atoms with Gasteiger partial charge in [-0.05, 0) is 6.92 Å². The Kier molecular flexibility index (Phi) is 3.52. The van der Waals surface area contributed by atoms with Gasteiger partial charge in [0.15, 0.2) is 0 Å². The van der Waals surface area contributed by atoms with Crippen molar-refractivity contribution in [3.05, 3.63) is 39.7 Å². The van der Waals surface area contributed by atoms with E-state index in [2.05, 4.69) is 15.9 Å². The van der Waals surface area contributed by atoms with E-state index >= 15 is 0 Å². The summed E-state index contributed by atoms with van der Waals surface area (Å²) in [6.07, 6.45) is 0. The lowest BCUT2D eigenvalue weighted by atomic mass is 10.1. The van der Waals surface area contributed by atoms with Crippen molar-refractivity contribution in [2.75, 3.05) is 0 Å². The van der Waals surface area contributed by atoms with E-state index in [1.807, 2.05) is 0 Å². The third-order valence-electron chi connectivity index (χ3n) is 1.83. The van der Waals surface area contributed by atoms with Gasteiger partial charge in [-0.15, -0.1) is 0 Å². The average molecular weight is 276 g/mol. The van der Waals surface area contributed by atoms with Crippen LogP contribution in [0.2, 0.25) is 0 Å². The van der Waals surface area contributed by atoms with Gasteiger partial charge < -0.3 is 0 Å². The predicted octanol–water partition coefficient (Wildman–Crippen LogP) is 2.76. The number of hydrogen-bond acceptors (Lipinski definition) is 3. The van der Waals surface area contributed by atoms with Gasteiger partial charge in [0, 0.05) is 11.6 Å². The summed E-state index contributed by atoms with van der Waals surface area (Å²) in [5, 5.41) is 10.4. The van der Waals surface area contributed by atoms with Crippen LogP contribution in [-0.4, -0.2) is 10.7 Å². The van der Waals surface area contributed by atoms with Gasteiger partial charge >= 0.3 is 5.69 Å². The molecule has 0 amide bonds. The molecule has 1 aromatic rings. The molecule has 0 saturated heterocycles. The molecule has 0 N–H and O–H groups in total. The van der Waals surface area contributed by atoms with Crippen LogP contribution in [0.3, 0.4) is 0 Å². The molecule has 0 heterocycles. The molecule has 0 fully saturated rings. The SMILES string of the molecule is CC(=O)C(Br)c1cccc([N+](=O)[O-])c1F. The van der Waals surface area contributed by atoms with Gasteiger partial charge in [0.25, 0.3) is 0 Å². The van der Waals surface area contributed by atoms with Gasteiger partial charge in [-0.1, -0.05) is 28.1 Å². The van der Waals surface area contributed by atoms with E-state index in [1.54, 1.807) is 0 Å². The third-order valence-corrected chi connectivity index (χ3v) is 2.97. The molecule has 0 radical (unpaired) electrons. The Morgan fingerprint density at radius 1 is 1.60 bits per heavy atom. The second kappa shape index (κ2) is 4.48. The summed E-state index contributed by atoms with van der Waals surface area (Å²) in [6, 6.07) is 3.73. The highest BCUT2D eigenvalue weighted by atomic mass is 79.9. The largest absolute Gasteiger partial charge is 0.305 e. The number of nitro benzene ring substituents is 1. The molecular weight excluding hydrogens is 269 g/mol. The predicted molar refractivity (Wildman–Crippen MR) is 55.4 cm³/mol. The number of rotatable bonds is 3. The number of alkyl halides is 1. The first-order chi connectivity index (χ1) is 6.95. The summed E-state index contributed by atoms with van der Waals surface area (Å²) in [4.78, 5) is 19.8. The lowest BCUT2D eigenvalue weighted by molar-refractivity contribution is -0.387. The summed E-state index contributed by atoms with van der Waals surface area (Å²) >= 11 is 2.97. The lowest BCUT2D eigenvalue weighted by Crippen LogP contribution is -2.05. The van der Waals surface area contributed by atoms with Crippen molar-refractivity contribution < 1.29 is 14.1 Å². The molecule has 1 unspecified atom stereocenters. The monoisotopic (exact) mass is 275 g/mol. The topological polar surface area (TPSA) is 60.2 Å². The van der Waals surface area contributed by atoms with Crippen LogP contribution in [0.1, 0.15) is 17.3 Å². The van der Waals surface area contributed by atoms with Crippen LogP contribution in [0.5, 0.6) is 0 Å². The molecule has 0 aliphatic heterocycles. The Balaban J connectivity index is 3.26. The van der Waals surface area contributed by atoms with Gasteiger partial charge in [-0.2, -0.15) is 4.39 Å². The molecule has 0 aliphatic rings. The van der Waals surface area contributed by atoms with Crippen molar-refractivity contribution in [3.63, 3.8) is 0 Å². The second-order valence-electron chi connectivity index (χ2n) is 2.91. The Morgan fingerprint density at radius 2 is 2.20 bits per heavy atom. The molecule has 6 heteroatoms. The van der Waals surface area contributed by atoms with Gasteiger partial charge in [0.2, 0.25) is 5.82 Å². The zero-order chi connectivity index (χ0) is 11.6. The van der Waals surface area contributed by atoms with Crippen LogP contribution in [0.4, 0.5) is 10.1 Å². The van der Waals surface area contributed by atoms with E-state index in [9.17, 15) is 19.3 Å². The lowest BCUT2D eigenvalue weighted by Gasteiger charge is -2.06. The summed E-state index contributed by atoms with van der Waals surface area (Å²) in [7, 11) is 0. The molecule has 0 aromatic heterocycles. The van der Waals surface area contributed by atoms with Gasteiger partial charge in [0.05, 0.1) is 4.92 Å². The number of nitrogens with zero attached hydrogens (tertiary/aromatic N) is 1. The van der Waals surface area contributed by atoms with E-state index in [1.165, 1.54) is 19.1 Å². The van der Waals surface area contributed by atoms with Crippen LogP contribution in [0.15, 0.2) is 18.2 Å². The maximum absolute atomic E-state index is 13.5. The summed E-state index contributed by atoms with van der Waals surface area (Å²) < 4.78 is 13.5. The number of Topliss-reactive ketones (excluding diaryl/α,β-unsaturated/α-hetero) is 1. The number of benzene rings is 1. The first kappa shape index (κ1) is 11.8. The van der Waals surface area contributed by atoms with Crippen molar-refractivity contribution in [1.29, 1.82) is 0 Å². The Labute approximate surface area is 93.4 Å². The molecule has 0 spiro atoms. The molecule has 80 valence electrons. The van der Waals surface area contributed by atoms with Gasteiger partial charge in [0.1, 0.15) is 10.6 Å². The van der Waals surface area contributed by atoms with Crippen LogP contribution < -0.4 is 0 Å². The first-order valence-electron chi connectivity index (χ1n) is 4.02. The molecule has 1 aromatic carbocycles. The van der Waals surface area contributed by atoms with Crippen LogP contribution in [0, 0.1) is 15.9 Å². The molecule has 1 rings (SSSR count). The molecule has 4 nitrogen and oxygen atoms in total. The smallest absolute Gasteiger partial charge is 0.298 e. The van der Waals surface area contributed by atoms with Crippen molar-refractivity contribution >= 4 is 27.4 Å². The standard InChI is InChI=1S/C9H7BrFNO3/c1-5(13)8(10)6-3-2-4-7(9(6)11)12(14)15/h2-4,8H,1H3. The maximum atomic E-state index is 13.5. The average Bonchev–Trinajstić information content (AvgIpc) is 2.16. The van der Waals surface area contributed by atoms with E-state index in [0.717, 1.165) is 6.07 Å². The Hall–Kier alpha value is -1.30. The van der Waals surface area contributed by atoms with Crippen LogP contribution in [0.25, 0.3) is 0 Å². The molecule has 0 aliphatic carbocycles. The van der Waals surface area contributed by atoms with Crippen molar-refractivity contribution in [2.45, 2.75) is 11.8 Å². The normalized spacial score (nSPS) is 12.2. The molecular formula is C9H7BrFNO3. The highest BCUT2D eigenvalue weighted by molar-refractivity contribution is 9.09. The zero-order valence-electron chi connectivity index (χ0n) is 7.74. The minimum atomic E-state index is -0.973. The Morgan fingerprint density at radius 3 is 2.67 bits per heavy atom. The third kappa shape index (κ3) is 2.38. The van der Waals surface area contributed by atoms with E-state index in [0.29, 0.717) is 0 Å². The molecule has 0 saturated carbocycles. The quantitative estimate of drug-likeness (QED) is 0.484. The van der Waals surface area contributed by atoms with Gasteiger partial charge in [-0.3, -0.25) is 14.9 Å². The minimum Gasteiger partial charge on any atom is -0.298 e. The van der Waals surface area contributed by atoms with Crippen LogP contribution >= 0.6 is 15.9 Å². The fourth-order valence-corrected chi connectivity index (χ4v) is 1.45. The van der Waals surface area contributed by atoms with Crippen molar-refractivity contribution in [3.8, 4) is 0 Å². The first-order valence-corrected chi connectivity index (χ1v) is 4.94. The van der Waals surface area contributed by atoms with Gasteiger partial charge in [-0.25, -0.2) is 0 Å². The number of carbonyl (C=O) groups excluding carboxylic acids is 1. The zero-order valence-corrected chi connectivity index (χ0v) is 9.32. The number of carbonyl (C=O) groups is 1. The highest BCUT2D eigenvalue weighted by Gasteiger charge is 2.23. The summed E-state index contributed by atoms with van der Waals surface area (Å²) in [5.41, 5.74) is -0.644. The fraction of sp³-hybridized carbons (Fsp3) is 0.222. The summed E-state index contributed by atoms with van der Waals surface area (Å²) in [5.74, 6) is -1.28. The number of ketones is 1. The number of nitro groups is 1. The van der Waals surface area contributed by atoms with E-state index in [4.69, 9.17) is 0 Å². The summed E-state index contributed by atoms with van der Waals surface area (Å²) in [6.45, 7) is 1.28. The van der Waals surface area contributed by atoms with E-state index < -0.39 is 21.3 Å². The molecule has 1 atom stereocenters. The minimum absolute atomic E-state index is 0.0169. The van der Waals surface area contributed by atoms with Crippen molar-refractivity contribution in [2.24, 2.45) is 0 Å². The van der Waals surface area contributed by atoms with Crippen molar-refractivity contribution in [1.82, 2.24) is 0 Å². The fourth-order valence-electron chi connectivity index (χ4n) is 1.09. The second-order valence-corrected chi connectivity index (χ2v) is 3.83. The Bertz CT molecular complexity index is 422. The molecule has 15 heavy (non-hydrogen) atoms. The van der Waals surface area contributed by atoms with Crippen LogP contribution in [-0.2, 0) is 4.79 Å². The number of halogens is 2. The van der Waals surface area contributed by atoms with E-state index in [-0.39, 0.29) is 11.3 Å². The maximum Gasteiger partial charge on any atom is 0.305 e. The number of hydrogen-bond donors (Lipinski definition) is 0. The molecule has 0 bridgehead atoms. The highest BCUT2D eigenvalue weighted by Crippen LogP contribution is 2.30.